The number of amides is 1. The molecule has 2 aliphatic carbocycles. The third-order valence-corrected chi connectivity index (χ3v) is 9.34. The summed E-state index contributed by atoms with van der Waals surface area (Å²) in [7, 11) is 9.13. The van der Waals surface area contributed by atoms with E-state index in [2.05, 4.69) is 17.3 Å². The van der Waals surface area contributed by atoms with Crippen molar-refractivity contribution < 1.29 is 34.8 Å². The highest BCUT2D eigenvalue weighted by Gasteiger charge is 2.60. The second-order valence-corrected chi connectivity index (χ2v) is 12.5. The first-order chi connectivity index (χ1) is 19.7. The van der Waals surface area contributed by atoms with Gasteiger partial charge in [-0.15, -0.1) is 0 Å². The van der Waals surface area contributed by atoms with Crippen LogP contribution >= 0.6 is 0 Å². The first-order valence-corrected chi connectivity index (χ1v) is 14.5. The van der Waals surface area contributed by atoms with Crippen LogP contribution in [0.1, 0.15) is 42.4 Å². The molecule has 0 radical (unpaired) electrons. The van der Waals surface area contributed by atoms with Crippen molar-refractivity contribution in [3.8, 4) is 5.75 Å². The maximum atomic E-state index is 14.1. The summed E-state index contributed by atoms with van der Waals surface area (Å²) >= 11 is 0. The van der Waals surface area contributed by atoms with Crippen LogP contribution in [-0.4, -0.2) is 120 Å². The highest BCUT2D eigenvalue weighted by Crippen LogP contribution is 2.51. The average Bonchev–Trinajstić information content (AvgIpc) is 2.91. The smallest absolute Gasteiger partial charge is 0.225 e. The molecule has 232 valence electrons. The number of aliphatic hydroxyl groups excluding tert-OH is 2. The van der Waals surface area contributed by atoms with E-state index in [4.69, 9.17) is 5.73 Å². The minimum Gasteiger partial charge on any atom is -0.507 e. The number of likely N-dealkylation sites (tertiary alicyclic amines) is 1. The second-order valence-electron chi connectivity index (χ2n) is 12.5. The van der Waals surface area contributed by atoms with Gasteiger partial charge in [0.2, 0.25) is 11.7 Å². The zero-order valence-electron chi connectivity index (χ0n) is 25.2. The molecular weight excluding hydrogens is 542 g/mol. The maximum Gasteiger partial charge on any atom is 0.225 e. The van der Waals surface area contributed by atoms with Crippen molar-refractivity contribution in [1.82, 2.24) is 15.1 Å². The number of anilines is 1. The predicted molar refractivity (Wildman–Crippen MR) is 158 cm³/mol. The van der Waals surface area contributed by atoms with Crippen LogP contribution in [0.2, 0.25) is 0 Å². The molecule has 1 heterocycles. The molecule has 0 spiro atoms. The van der Waals surface area contributed by atoms with Gasteiger partial charge in [0.05, 0.1) is 18.6 Å². The number of likely N-dealkylation sites (N-methyl/N-ethyl adjacent to an activating group) is 1. The number of primary amides is 1. The lowest BCUT2D eigenvalue weighted by Crippen LogP contribution is -2.64. The van der Waals surface area contributed by atoms with Crippen molar-refractivity contribution in [2.75, 3.05) is 59.8 Å². The fourth-order valence-electron chi connectivity index (χ4n) is 6.95. The van der Waals surface area contributed by atoms with Crippen molar-refractivity contribution >= 4 is 28.9 Å². The number of carbonyl (C=O) groups excluding carboxylic acids is 3. The van der Waals surface area contributed by atoms with Gasteiger partial charge in [0.25, 0.3) is 0 Å². The number of nitrogens with two attached hydrogens (primary N) is 1. The molecule has 1 amide bonds. The van der Waals surface area contributed by atoms with E-state index in [1.807, 2.05) is 25.1 Å². The van der Waals surface area contributed by atoms with E-state index in [1.165, 1.54) is 0 Å². The number of fused-ring (bicyclic) bond motifs is 2. The summed E-state index contributed by atoms with van der Waals surface area (Å²) in [6.07, 6.45) is 1.39. The van der Waals surface area contributed by atoms with Gasteiger partial charge in [-0.25, -0.2) is 0 Å². The Kier molecular flexibility index (Phi) is 9.34. The van der Waals surface area contributed by atoms with Crippen LogP contribution in [0.3, 0.4) is 0 Å². The highest BCUT2D eigenvalue weighted by atomic mass is 16.3. The van der Waals surface area contributed by atoms with Crippen molar-refractivity contribution in [2.24, 2.45) is 17.6 Å². The molecule has 0 aromatic heterocycles. The van der Waals surface area contributed by atoms with Gasteiger partial charge in [0, 0.05) is 55.5 Å². The molecular formula is C30H45N5O7. The van der Waals surface area contributed by atoms with Crippen LogP contribution in [0.5, 0.6) is 5.75 Å². The molecule has 1 saturated carbocycles. The Hall–Kier alpha value is -3.03. The van der Waals surface area contributed by atoms with E-state index in [9.17, 15) is 34.8 Å². The van der Waals surface area contributed by atoms with E-state index in [1.54, 1.807) is 19.0 Å². The SMILES string of the molecule is CN1CCC(NCc2cc(N(C)C)c3c(c2O)C(O)=C2C(=O)[C@](O)(C(=O)CC(N)=O)[C@H](C(CO)N(C)C)C[C@@H]2C3)CC1. The number of nitrogens with one attached hydrogen (secondary N) is 1. The van der Waals surface area contributed by atoms with E-state index in [-0.39, 0.29) is 35.8 Å². The summed E-state index contributed by atoms with van der Waals surface area (Å²) < 4.78 is 0. The number of Topliss-reactive ketones (excluding diaryl/α,β-unsaturated/α-hetero) is 2. The van der Waals surface area contributed by atoms with E-state index < -0.39 is 59.7 Å². The molecule has 2 fully saturated rings. The Morgan fingerprint density at radius 2 is 1.83 bits per heavy atom. The Balaban J connectivity index is 1.81. The molecule has 7 N–H and O–H groups in total. The van der Waals surface area contributed by atoms with Crippen LogP contribution in [0.15, 0.2) is 11.6 Å². The number of nitrogens with zero attached hydrogens (tertiary/aromatic N) is 3. The zero-order valence-corrected chi connectivity index (χ0v) is 25.2. The molecule has 1 saturated heterocycles. The largest absolute Gasteiger partial charge is 0.507 e. The number of phenols is 1. The van der Waals surface area contributed by atoms with E-state index in [0.717, 1.165) is 31.6 Å². The number of aliphatic hydroxyl groups is 3. The topological polar surface area (TPSA) is 180 Å². The van der Waals surface area contributed by atoms with Crippen molar-refractivity contribution in [1.29, 1.82) is 0 Å². The van der Waals surface area contributed by atoms with Crippen LogP contribution in [0, 0.1) is 11.8 Å². The molecule has 4 atom stereocenters. The lowest BCUT2D eigenvalue weighted by Gasteiger charge is -2.47. The zero-order chi connectivity index (χ0) is 31.1. The fraction of sp³-hybridized carbons (Fsp3) is 0.633. The van der Waals surface area contributed by atoms with Crippen LogP contribution in [-0.2, 0) is 27.3 Å². The minimum atomic E-state index is -2.70. The van der Waals surface area contributed by atoms with Crippen molar-refractivity contribution in [3.63, 3.8) is 0 Å². The Morgan fingerprint density at radius 1 is 1.19 bits per heavy atom. The number of phenolic OH excluding ortho intramolecular Hbond substituents is 1. The van der Waals surface area contributed by atoms with Gasteiger partial charge >= 0.3 is 0 Å². The number of piperidine rings is 1. The molecule has 42 heavy (non-hydrogen) atoms. The summed E-state index contributed by atoms with van der Waals surface area (Å²) in [5.41, 5.74) is 4.49. The number of hydrogen-bond acceptors (Lipinski definition) is 11. The van der Waals surface area contributed by atoms with Gasteiger partial charge in [0.1, 0.15) is 11.5 Å². The van der Waals surface area contributed by atoms with Crippen molar-refractivity contribution in [2.45, 2.75) is 56.3 Å². The number of rotatable bonds is 10. The predicted octanol–water partition coefficient (Wildman–Crippen LogP) is -0.229. The summed E-state index contributed by atoms with van der Waals surface area (Å²) in [6.45, 7) is 1.83. The summed E-state index contributed by atoms with van der Waals surface area (Å²) in [4.78, 5) is 44.9. The van der Waals surface area contributed by atoms with Gasteiger partial charge in [0.15, 0.2) is 11.4 Å². The Bertz CT molecular complexity index is 1270. The second kappa shape index (κ2) is 12.3. The fourth-order valence-corrected chi connectivity index (χ4v) is 6.95. The molecule has 12 heteroatoms. The highest BCUT2D eigenvalue weighted by molar-refractivity contribution is 6.23. The van der Waals surface area contributed by atoms with E-state index in [0.29, 0.717) is 17.7 Å². The van der Waals surface area contributed by atoms with Crippen LogP contribution < -0.4 is 16.0 Å². The third-order valence-electron chi connectivity index (χ3n) is 9.34. The number of carbonyl (C=O) groups is 3. The van der Waals surface area contributed by atoms with E-state index >= 15 is 0 Å². The molecule has 12 nitrogen and oxygen atoms in total. The van der Waals surface area contributed by atoms with Crippen molar-refractivity contribution in [3.05, 3.63) is 28.3 Å². The van der Waals surface area contributed by atoms with Gasteiger partial charge < -0.3 is 46.2 Å². The lowest BCUT2D eigenvalue weighted by molar-refractivity contribution is -0.163. The normalized spacial score (nSPS) is 25.8. The van der Waals surface area contributed by atoms with Crippen LogP contribution in [0.4, 0.5) is 5.69 Å². The monoisotopic (exact) mass is 587 g/mol. The standard InChI is InChI=1S/C30H45N5O7/c1-33(2)21-12-17(14-32-18-6-8-35(5)9-7-18)27(39)26-19(21)10-16-11-20(22(15-36)34(3)4)30(42,23(37)13-24(31)38)29(41)25(16)28(26)40/h12,16,18,20,22,32,36,39-40,42H,6-11,13-15H2,1-5H3,(H2,31,38)/t16-,20-,22?,30+/m0/s1. The molecule has 3 aliphatic rings. The molecule has 1 aliphatic heterocycles. The first-order valence-electron chi connectivity index (χ1n) is 14.5. The maximum absolute atomic E-state index is 14.1. The summed E-state index contributed by atoms with van der Waals surface area (Å²) in [6, 6.07) is 1.37. The van der Waals surface area contributed by atoms with Gasteiger partial charge in [-0.2, -0.15) is 0 Å². The van der Waals surface area contributed by atoms with Gasteiger partial charge in [-0.1, -0.05) is 0 Å². The Morgan fingerprint density at radius 3 is 2.38 bits per heavy atom. The quantitative estimate of drug-likeness (QED) is 0.199. The first kappa shape index (κ1) is 31.9. The molecule has 1 aromatic rings. The number of benzene rings is 1. The lowest BCUT2D eigenvalue weighted by atomic mass is 9.59. The number of aromatic hydroxyl groups is 1. The Labute approximate surface area is 246 Å². The summed E-state index contributed by atoms with van der Waals surface area (Å²) in [5.74, 6) is -5.44. The molecule has 1 unspecified atom stereocenters. The third kappa shape index (κ3) is 5.66. The minimum absolute atomic E-state index is 0.0715. The number of ketones is 2. The summed E-state index contributed by atoms with van der Waals surface area (Å²) in [5, 5.41) is 48.6. The molecule has 0 bridgehead atoms. The average molecular weight is 588 g/mol. The number of hydrogen-bond donors (Lipinski definition) is 6. The molecule has 4 rings (SSSR count). The van der Waals surface area contributed by atoms with Crippen LogP contribution in [0.25, 0.3) is 5.76 Å². The molecule has 1 aromatic carbocycles. The van der Waals surface area contributed by atoms with Gasteiger partial charge in [-0.3, -0.25) is 14.4 Å². The van der Waals surface area contributed by atoms with Gasteiger partial charge in [-0.05, 0) is 77.5 Å².